The predicted molar refractivity (Wildman–Crippen MR) is 75.3 cm³/mol. The van der Waals surface area contributed by atoms with Gasteiger partial charge >= 0.3 is 0 Å². The van der Waals surface area contributed by atoms with E-state index in [1.807, 2.05) is 12.3 Å². The molecular formula is C15H20FN3O2. The highest BCUT2D eigenvalue weighted by Gasteiger charge is 2.41. The maximum absolute atomic E-state index is 12.3. The Morgan fingerprint density at radius 1 is 1.48 bits per heavy atom. The van der Waals surface area contributed by atoms with E-state index in [0.717, 1.165) is 18.7 Å². The van der Waals surface area contributed by atoms with Gasteiger partial charge in [0.25, 0.3) is 0 Å². The van der Waals surface area contributed by atoms with E-state index >= 15 is 0 Å². The van der Waals surface area contributed by atoms with E-state index < -0.39 is 6.67 Å². The molecule has 1 aromatic rings. The topological polar surface area (TPSA) is 45.7 Å². The molecule has 3 heterocycles. The van der Waals surface area contributed by atoms with Gasteiger partial charge in [-0.15, -0.1) is 0 Å². The van der Waals surface area contributed by atoms with Crippen molar-refractivity contribution in [2.24, 2.45) is 0 Å². The number of alkyl halides is 1. The van der Waals surface area contributed by atoms with Crippen molar-refractivity contribution in [3.8, 4) is 0 Å². The van der Waals surface area contributed by atoms with E-state index in [0.29, 0.717) is 19.7 Å². The van der Waals surface area contributed by atoms with Crippen molar-refractivity contribution in [2.45, 2.75) is 25.1 Å². The van der Waals surface area contributed by atoms with E-state index in [4.69, 9.17) is 4.74 Å². The number of carbonyl (C=O) groups is 1. The Hall–Kier alpha value is -1.53. The third-order valence-corrected chi connectivity index (χ3v) is 4.19. The van der Waals surface area contributed by atoms with E-state index in [-0.39, 0.29) is 24.5 Å². The molecule has 5 nitrogen and oxygen atoms in total. The van der Waals surface area contributed by atoms with Gasteiger partial charge in [-0.2, -0.15) is 0 Å². The van der Waals surface area contributed by atoms with Gasteiger partial charge in [-0.05, 0) is 11.6 Å². The Kier molecular flexibility index (Phi) is 4.45. The molecule has 2 atom stereocenters. The Balaban J connectivity index is 1.65. The summed E-state index contributed by atoms with van der Waals surface area (Å²) < 4.78 is 18.1. The van der Waals surface area contributed by atoms with Crippen molar-refractivity contribution in [1.29, 1.82) is 0 Å². The summed E-state index contributed by atoms with van der Waals surface area (Å²) in [6.45, 7) is 2.94. The smallest absolute Gasteiger partial charge is 0.225 e. The lowest BCUT2D eigenvalue weighted by molar-refractivity contribution is -0.130. The number of amides is 1. The largest absolute Gasteiger partial charge is 0.373 e. The van der Waals surface area contributed by atoms with Crippen LogP contribution in [0.15, 0.2) is 24.5 Å². The molecule has 21 heavy (non-hydrogen) atoms. The molecule has 2 saturated heterocycles. The van der Waals surface area contributed by atoms with E-state index in [9.17, 15) is 9.18 Å². The normalized spacial score (nSPS) is 25.9. The molecule has 114 valence electrons. The fraction of sp³-hybridized carbons (Fsp3) is 0.600. The monoisotopic (exact) mass is 293 g/mol. The maximum atomic E-state index is 12.3. The summed E-state index contributed by atoms with van der Waals surface area (Å²) in [5.41, 5.74) is 1.16. The van der Waals surface area contributed by atoms with Crippen LogP contribution >= 0.6 is 0 Å². The number of hydrogen-bond acceptors (Lipinski definition) is 4. The molecule has 0 saturated carbocycles. The van der Waals surface area contributed by atoms with E-state index in [1.54, 1.807) is 11.1 Å². The lowest BCUT2D eigenvalue weighted by Crippen LogP contribution is -2.50. The molecular weight excluding hydrogens is 273 g/mol. The summed E-state index contributed by atoms with van der Waals surface area (Å²) in [7, 11) is 0. The zero-order chi connectivity index (χ0) is 14.7. The molecule has 1 amide bonds. The van der Waals surface area contributed by atoms with Gasteiger partial charge in [0, 0.05) is 38.6 Å². The highest BCUT2D eigenvalue weighted by Crippen LogP contribution is 2.24. The summed E-state index contributed by atoms with van der Waals surface area (Å²) in [6.07, 6.45) is 3.64. The second kappa shape index (κ2) is 6.49. The minimum absolute atomic E-state index is 0.0257. The SMILES string of the molecule is O=C(CCF)N1C[C@@H]2OCCN(Cc3cccnc3)[C@@H]2C1. The van der Waals surface area contributed by atoms with Crippen molar-refractivity contribution in [2.75, 3.05) is 32.9 Å². The number of ether oxygens (including phenoxy) is 1. The Morgan fingerprint density at radius 3 is 3.14 bits per heavy atom. The molecule has 2 fully saturated rings. The minimum Gasteiger partial charge on any atom is -0.373 e. The van der Waals surface area contributed by atoms with Gasteiger partial charge < -0.3 is 9.64 Å². The van der Waals surface area contributed by atoms with Crippen molar-refractivity contribution >= 4 is 5.91 Å². The van der Waals surface area contributed by atoms with Crippen molar-refractivity contribution in [1.82, 2.24) is 14.8 Å². The first-order chi connectivity index (χ1) is 10.3. The lowest BCUT2D eigenvalue weighted by atomic mass is 10.1. The number of morpholine rings is 1. The highest BCUT2D eigenvalue weighted by molar-refractivity contribution is 5.76. The van der Waals surface area contributed by atoms with Crippen LogP contribution in [0.5, 0.6) is 0 Å². The van der Waals surface area contributed by atoms with Crippen LogP contribution in [-0.2, 0) is 16.1 Å². The van der Waals surface area contributed by atoms with Gasteiger partial charge in [0.2, 0.25) is 5.91 Å². The predicted octanol–water partition coefficient (Wildman–Crippen LogP) is 0.853. The molecule has 0 radical (unpaired) electrons. The maximum Gasteiger partial charge on any atom is 0.225 e. The first-order valence-corrected chi connectivity index (χ1v) is 7.36. The van der Waals surface area contributed by atoms with Crippen LogP contribution in [-0.4, -0.2) is 65.8 Å². The summed E-state index contributed by atoms with van der Waals surface area (Å²) >= 11 is 0. The second-order valence-electron chi connectivity index (χ2n) is 5.55. The van der Waals surface area contributed by atoms with E-state index in [1.165, 1.54) is 0 Å². The molecule has 0 N–H and O–H groups in total. The number of likely N-dealkylation sites (tertiary alicyclic amines) is 1. The number of pyridine rings is 1. The quantitative estimate of drug-likeness (QED) is 0.826. The number of halogens is 1. The van der Waals surface area contributed by atoms with Crippen LogP contribution in [0, 0.1) is 0 Å². The first-order valence-electron chi connectivity index (χ1n) is 7.36. The summed E-state index contributed by atoms with van der Waals surface area (Å²) in [6, 6.07) is 4.18. The molecule has 0 aromatic carbocycles. The average molecular weight is 293 g/mol. The van der Waals surface area contributed by atoms with Crippen molar-refractivity contribution in [3.63, 3.8) is 0 Å². The Morgan fingerprint density at radius 2 is 2.38 bits per heavy atom. The van der Waals surface area contributed by atoms with Crippen LogP contribution in [0.4, 0.5) is 4.39 Å². The zero-order valence-corrected chi connectivity index (χ0v) is 11.9. The van der Waals surface area contributed by atoms with Gasteiger partial charge in [-0.25, -0.2) is 0 Å². The fourth-order valence-corrected chi connectivity index (χ4v) is 3.12. The number of fused-ring (bicyclic) bond motifs is 1. The Labute approximate surface area is 123 Å². The molecule has 6 heteroatoms. The van der Waals surface area contributed by atoms with Gasteiger partial charge in [0.05, 0.1) is 31.8 Å². The van der Waals surface area contributed by atoms with Crippen LogP contribution < -0.4 is 0 Å². The van der Waals surface area contributed by atoms with Crippen LogP contribution in [0.3, 0.4) is 0 Å². The molecule has 1 aromatic heterocycles. The summed E-state index contributed by atoms with van der Waals surface area (Å²) in [5, 5.41) is 0. The standard InChI is InChI=1S/C15H20FN3O2/c16-4-3-15(20)19-10-13-14(11-19)21-7-6-18(13)9-12-2-1-5-17-8-12/h1-2,5,8,13-14H,3-4,6-7,9-11H2/t13-,14+/m1/s1. The first kappa shape index (κ1) is 14.4. The zero-order valence-electron chi connectivity index (χ0n) is 11.9. The van der Waals surface area contributed by atoms with Gasteiger partial charge in [-0.3, -0.25) is 19.1 Å². The van der Waals surface area contributed by atoms with Crippen LogP contribution in [0.2, 0.25) is 0 Å². The third-order valence-electron chi connectivity index (χ3n) is 4.19. The molecule has 2 aliphatic heterocycles. The number of aromatic nitrogens is 1. The number of nitrogens with zero attached hydrogens (tertiary/aromatic N) is 3. The van der Waals surface area contributed by atoms with Gasteiger partial charge in [-0.1, -0.05) is 6.07 Å². The third kappa shape index (κ3) is 3.22. The molecule has 0 unspecified atom stereocenters. The summed E-state index contributed by atoms with van der Waals surface area (Å²) in [5.74, 6) is -0.114. The fourth-order valence-electron chi connectivity index (χ4n) is 3.12. The lowest BCUT2D eigenvalue weighted by Gasteiger charge is -2.36. The molecule has 0 aliphatic carbocycles. The highest BCUT2D eigenvalue weighted by atomic mass is 19.1. The van der Waals surface area contributed by atoms with Crippen molar-refractivity contribution in [3.05, 3.63) is 30.1 Å². The minimum atomic E-state index is -0.592. The van der Waals surface area contributed by atoms with Gasteiger partial charge in [0.1, 0.15) is 0 Å². The van der Waals surface area contributed by atoms with Gasteiger partial charge in [0.15, 0.2) is 0 Å². The van der Waals surface area contributed by atoms with Crippen molar-refractivity contribution < 1.29 is 13.9 Å². The Bertz CT molecular complexity index is 485. The van der Waals surface area contributed by atoms with E-state index in [2.05, 4.69) is 16.0 Å². The molecule has 0 bridgehead atoms. The molecule has 2 aliphatic rings. The van der Waals surface area contributed by atoms with Crippen LogP contribution in [0.25, 0.3) is 0 Å². The number of hydrogen-bond donors (Lipinski definition) is 0. The number of rotatable bonds is 4. The molecule has 3 rings (SSSR count). The number of carbonyl (C=O) groups excluding carboxylic acids is 1. The second-order valence-corrected chi connectivity index (χ2v) is 5.55. The summed E-state index contributed by atoms with van der Waals surface area (Å²) in [4.78, 5) is 20.1. The molecule has 0 spiro atoms. The average Bonchev–Trinajstić information content (AvgIpc) is 2.94. The van der Waals surface area contributed by atoms with Crippen LogP contribution in [0.1, 0.15) is 12.0 Å².